The van der Waals surface area contributed by atoms with E-state index in [0.717, 1.165) is 0 Å². The summed E-state index contributed by atoms with van der Waals surface area (Å²) in [6, 6.07) is 4.71. The molecule has 1 aromatic carbocycles. The molecule has 1 heterocycles. The molecule has 23 heavy (non-hydrogen) atoms. The van der Waals surface area contributed by atoms with E-state index < -0.39 is 5.91 Å². The van der Waals surface area contributed by atoms with Crippen molar-refractivity contribution in [3.63, 3.8) is 0 Å². The highest BCUT2D eigenvalue weighted by Crippen LogP contribution is 2.31. The Balaban J connectivity index is 2.27. The van der Waals surface area contributed by atoms with Crippen molar-refractivity contribution < 1.29 is 14.3 Å². The number of carbonyl (C=O) groups excluding carboxylic acids is 1. The van der Waals surface area contributed by atoms with Gasteiger partial charge in [-0.1, -0.05) is 29.1 Å². The standard InChI is InChI=1S/C16H12Cl2N2O3/c1-3-6-23-14-7-10(4-5-13(14)22-2)16(21)20-15-11(17)8-19-9-12(15)18/h1,4-5,7-9H,6H2,2H3,(H,19,20,21). The van der Waals surface area contributed by atoms with Gasteiger partial charge in [0.1, 0.15) is 6.61 Å². The van der Waals surface area contributed by atoms with E-state index >= 15 is 0 Å². The van der Waals surface area contributed by atoms with Crippen molar-refractivity contribution in [2.24, 2.45) is 0 Å². The van der Waals surface area contributed by atoms with Gasteiger partial charge in [0, 0.05) is 18.0 Å². The third kappa shape index (κ3) is 4.07. The molecular weight excluding hydrogens is 339 g/mol. The molecule has 118 valence electrons. The Hall–Kier alpha value is -2.42. The summed E-state index contributed by atoms with van der Waals surface area (Å²) in [5.74, 6) is 2.78. The molecule has 0 saturated carbocycles. The van der Waals surface area contributed by atoms with Crippen LogP contribution in [0.5, 0.6) is 11.5 Å². The van der Waals surface area contributed by atoms with E-state index in [1.54, 1.807) is 12.1 Å². The average Bonchev–Trinajstić information content (AvgIpc) is 2.56. The second-order valence-corrected chi connectivity index (χ2v) is 5.11. The number of methoxy groups -OCH3 is 1. The topological polar surface area (TPSA) is 60.5 Å². The molecule has 0 saturated heterocycles. The number of terminal acetylenes is 1. The molecule has 0 aliphatic rings. The summed E-state index contributed by atoms with van der Waals surface area (Å²) in [5, 5.41) is 3.11. The van der Waals surface area contributed by atoms with Gasteiger partial charge in [-0.15, -0.1) is 6.42 Å². The largest absolute Gasteiger partial charge is 0.493 e. The molecule has 0 fully saturated rings. The van der Waals surface area contributed by atoms with E-state index in [2.05, 4.69) is 16.2 Å². The van der Waals surface area contributed by atoms with E-state index in [1.807, 2.05) is 0 Å². The van der Waals surface area contributed by atoms with Gasteiger partial charge in [-0.05, 0) is 18.2 Å². The number of carbonyl (C=O) groups is 1. The maximum atomic E-state index is 12.4. The molecule has 1 aromatic heterocycles. The number of hydrogen-bond donors (Lipinski definition) is 1. The van der Waals surface area contributed by atoms with Gasteiger partial charge in [0.15, 0.2) is 11.5 Å². The Kier molecular flexibility index (Phi) is 5.69. The Labute approximate surface area is 143 Å². The van der Waals surface area contributed by atoms with Crippen molar-refractivity contribution in [1.29, 1.82) is 0 Å². The molecule has 5 nitrogen and oxygen atoms in total. The predicted octanol–water partition coefficient (Wildman–Crippen LogP) is 3.66. The lowest BCUT2D eigenvalue weighted by atomic mass is 10.2. The molecule has 0 aliphatic heterocycles. The van der Waals surface area contributed by atoms with E-state index in [9.17, 15) is 4.79 Å². The minimum Gasteiger partial charge on any atom is -0.493 e. The summed E-state index contributed by atoms with van der Waals surface area (Å²) >= 11 is 12.0. The van der Waals surface area contributed by atoms with Gasteiger partial charge in [-0.2, -0.15) is 0 Å². The van der Waals surface area contributed by atoms with Crippen LogP contribution in [-0.4, -0.2) is 24.6 Å². The summed E-state index contributed by atoms with van der Waals surface area (Å²) in [4.78, 5) is 16.2. The van der Waals surface area contributed by atoms with Crippen LogP contribution in [0.1, 0.15) is 10.4 Å². The fourth-order valence-electron chi connectivity index (χ4n) is 1.77. The molecule has 0 unspecified atom stereocenters. The Morgan fingerprint density at radius 3 is 2.61 bits per heavy atom. The first kappa shape index (κ1) is 16.9. The number of halogens is 2. The number of nitrogens with zero attached hydrogens (tertiary/aromatic N) is 1. The highest BCUT2D eigenvalue weighted by Gasteiger charge is 2.14. The average molecular weight is 351 g/mol. The van der Waals surface area contributed by atoms with Crippen LogP contribution in [0.15, 0.2) is 30.6 Å². The molecule has 7 heteroatoms. The number of hydrogen-bond acceptors (Lipinski definition) is 4. The molecule has 1 N–H and O–H groups in total. The zero-order valence-electron chi connectivity index (χ0n) is 12.1. The molecule has 0 aliphatic carbocycles. The van der Waals surface area contributed by atoms with Crippen molar-refractivity contribution in [2.45, 2.75) is 0 Å². The summed E-state index contributed by atoms with van der Waals surface area (Å²) < 4.78 is 10.5. The molecular formula is C16H12Cl2N2O3. The van der Waals surface area contributed by atoms with Gasteiger partial charge in [0.2, 0.25) is 0 Å². The Bertz CT molecular complexity index is 752. The van der Waals surface area contributed by atoms with Crippen molar-refractivity contribution in [1.82, 2.24) is 4.98 Å². The van der Waals surface area contributed by atoms with Gasteiger partial charge in [0.05, 0.1) is 22.8 Å². The van der Waals surface area contributed by atoms with Crippen LogP contribution in [0.3, 0.4) is 0 Å². The Morgan fingerprint density at radius 2 is 2.00 bits per heavy atom. The van der Waals surface area contributed by atoms with Crippen molar-refractivity contribution in [2.75, 3.05) is 19.0 Å². The van der Waals surface area contributed by atoms with Crippen molar-refractivity contribution >= 4 is 34.8 Å². The van der Waals surface area contributed by atoms with Gasteiger partial charge in [0.25, 0.3) is 5.91 Å². The van der Waals surface area contributed by atoms with Crippen LogP contribution < -0.4 is 14.8 Å². The number of benzene rings is 1. The number of ether oxygens (including phenoxy) is 2. The third-order valence-corrected chi connectivity index (χ3v) is 3.40. The molecule has 2 aromatic rings. The van der Waals surface area contributed by atoms with Crippen LogP contribution in [0.2, 0.25) is 10.0 Å². The van der Waals surface area contributed by atoms with E-state index in [0.29, 0.717) is 17.1 Å². The van der Waals surface area contributed by atoms with E-state index in [-0.39, 0.29) is 22.3 Å². The second kappa shape index (κ2) is 7.73. The number of pyridine rings is 1. The smallest absolute Gasteiger partial charge is 0.255 e. The quantitative estimate of drug-likeness (QED) is 0.836. The number of amides is 1. The molecule has 1 amide bonds. The van der Waals surface area contributed by atoms with Crippen LogP contribution in [0, 0.1) is 12.3 Å². The van der Waals surface area contributed by atoms with Crippen molar-refractivity contribution in [3.05, 3.63) is 46.2 Å². The van der Waals surface area contributed by atoms with E-state index in [1.165, 1.54) is 25.6 Å². The minimum absolute atomic E-state index is 0.0590. The second-order valence-electron chi connectivity index (χ2n) is 4.29. The molecule has 0 radical (unpaired) electrons. The lowest BCUT2D eigenvalue weighted by Crippen LogP contribution is -2.13. The predicted molar refractivity (Wildman–Crippen MR) is 89.5 cm³/mol. The van der Waals surface area contributed by atoms with E-state index in [4.69, 9.17) is 39.1 Å². The number of nitrogens with one attached hydrogen (secondary N) is 1. The Morgan fingerprint density at radius 1 is 1.30 bits per heavy atom. The number of rotatable bonds is 5. The summed E-state index contributed by atoms with van der Waals surface area (Å²) in [7, 11) is 1.49. The van der Waals surface area contributed by atoms with Gasteiger partial charge < -0.3 is 14.8 Å². The van der Waals surface area contributed by atoms with Crippen LogP contribution in [0.25, 0.3) is 0 Å². The molecule has 0 spiro atoms. The fraction of sp³-hybridized carbons (Fsp3) is 0.125. The highest BCUT2D eigenvalue weighted by molar-refractivity contribution is 6.39. The van der Waals surface area contributed by atoms with Crippen LogP contribution in [0.4, 0.5) is 5.69 Å². The lowest BCUT2D eigenvalue weighted by Gasteiger charge is -2.12. The van der Waals surface area contributed by atoms with Crippen molar-refractivity contribution in [3.8, 4) is 23.8 Å². The van der Waals surface area contributed by atoms with Gasteiger partial charge >= 0.3 is 0 Å². The van der Waals surface area contributed by atoms with Crippen LogP contribution >= 0.6 is 23.2 Å². The lowest BCUT2D eigenvalue weighted by molar-refractivity contribution is 0.102. The fourth-order valence-corrected chi connectivity index (χ4v) is 2.23. The molecule has 0 bridgehead atoms. The third-order valence-electron chi connectivity index (χ3n) is 2.83. The SMILES string of the molecule is C#CCOc1cc(C(=O)Nc2c(Cl)cncc2Cl)ccc1OC. The van der Waals surface area contributed by atoms with Gasteiger partial charge in [-0.3, -0.25) is 9.78 Å². The first-order valence-corrected chi connectivity index (χ1v) is 7.17. The maximum absolute atomic E-state index is 12.4. The normalized spacial score (nSPS) is 9.83. The molecule has 2 rings (SSSR count). The summed E-state index contributed by atoms with van der Waals surface area (Å²) in [5.41, 5.74) is 0.622. The maximum Gasteiger partial charge on any atom is 0.255 e. The number of aromatic nitrogens is 1. The zero-order valence-corrected chi connectivity index (χ0v) is 13.6. The zero-order chi connectivity index (χ0) is 16.8. The van der Waals surface area contributed by atoms with Crippen LogP contribution in [-0.2, 0) is 0 Å². The highest BCUT2D eigenvalue weighted by atomic mass is 35.5. The summed E-state index contributed by atoms with van der Waals surface area (Å²) in [6.07, 6.45) is 7.95. The summed E-state index contributed by atoms with van der Waals surface area (Å²) in [6.45, 7) is 0.0590. The number of anilines is 1. The first-order valence-electron chi connectivity index (χ1n) is 6.41. The monoisotopic (exact) mass is 350 g/mol. The molecule has 0 atom stereocenters. The van der Waals surface area contributed by atoms with Gasteiger partial charge in [-0.25, -0.2) is 0 Å². The minimum atomic E-state index is -0.409. The first-order chi connectivity index (χ1) is 11.1.